The van der Waals surface area contributed by atoms with Gasteiger partial charge >= 0.3 is 0 Å². The van der Waals surface area contributed by atoms with Gasteiger partial charge in [0.25, 0.3) is 5.91 Å². The fourth-order valence-corrected chi connectivity index (χ4v) is 3.12. The van der Waals surface area contributed by atoms with Crippen LogP contribution in [0, 0.1) is 11.7 Å². The largest absolute Gasteiger partial charge is 0.300 e. The molecule has 0 radical (unpaired) electrons. The molecule has 3 N–H and O–H groups in total. The molecule has 0 aliphatic heterocycles. The summed E-state index contributed by atoms with van der Waals surface area (Å²) in [5.41, 5.74) is 8.54. The minimum Gasteiger partial charge on any atom is -0.300 e. The van der Waals surface area contributed by atoms with Gasteiger partial charge < -0.3 is 0 Å². The summed E-state index contributed by atoms with van der Waals surface area (Å²) in [5, 5.41) is 7.05. The minimum atomic E-state index is -0.360. The molecule has 29 heavy (non-hydrogen) atoms. The van der Waals surface area contributed by atoms with E-state index in [9.17, 15) is 9.59 Å². The molecule has 0 saturated carbocycles. The Morgan fingerprint density at radius 1 is 1.14 bits per heavy atom. The molecule has 7 nitrogen and oxygen atoms in total. The molecule has 0 aliphatic rings. The number of aryl methyl sites for hydroxylation is 2. The maximum absolute atomic E-state index is 12.2. The first-order chi connectivity index (χ1) is 14.0. The van der Waals surface area contributed by atoms with E-state index >= 15 is 0 Å². The van der Waals surface area contributed by atoms with E-state index in [1.165, 1.54) is 0 Å². The second kappa shape index (κ2) is 9.29. The number of benzene rings is 2. The summed E-state index contributed by atoms with van der Waals surface area (Å²) in [6.45, 7) is 4.39. The fourth-order valence-electron chi connectivity index (χ4n) is 2.90. The van der Waals surface area contributed by atoms with Crippen LogP contribution in [0.15, 0.2) is 48.5 Å². The third-order valence-electron chi connectivity index (χ3n) is 4.54. The smallest absolute Gasteiger partial charge is 0.269 e. The van der Waals surface area contributed by atoms with Crippen molar-refractivity contribution in [3.63, 3.8) is 0 Å². The van der Waals surface area contributed by atoms with E-state index in [-0.39, 0.29) is 18.2 Å². The number of amides is 2. The van der Waals surface area contributed by atoms with Crippen LogP contribution < -0.4 is 10.9 Å². The molecule has 8 heteroatoms. The number of carbonyl (C=O) groups is 2. The first-order valence-corrected chi connectivity index (χ1v) is 9.79. The van der Waals surface area contributed by atoms with Crippen molar-refractivity contribution in [1.29, 1.82) is 0 Å². The van der Waals surface area contributed by atoms with Gasteiger partial charge in [-0.15, -0.1) is 0 Å². The molecular formula is C21H23N5O2S. The van der Waals surface area contributed by atoms with Crippen LogP contribution in [0.5, 0.6) is 0 Å². The molecule has 0 saturated heterocycles. The summed E-state index contributed by atoms with van der Waals surface area (Å²) >= 11 is 5.29. The van der Waals surface area contributed by atoms with Gasteiger partial charge in [0.1, 0.15) is 0 Å². The highest BCUT2D eigenvalue weighted by molar-refractivity contribution is 7.71. The van der Waals surface area contributed by atoms with Gasteiger partial charge in [-0.1, -0.05) is 42.8 Å². The van der Waals surface area contributed by atoms with Crippen LogP contribution in [-0.4, -0.2) is 26.6 Å². The maximum atomic E-state index is 12.2. The first kappa shape index (κ1) is 20.5. The quantitative estimate of drug-likeness (QED) is 0.430. The summed E-state index contributed by atoms with van der Waals surface area (Å²) in [4.78, 5) is 24.3. The normalized spacial score (nSPS) is 10.6. The third kappa shape index (κ3) is 5.17. The molecule has 1 heterocycles. The van der Waals surface area contributed by atoms with Gasteiger partial charge in [-0.25, -0.2) is 0 Å². The molecule has 0 spiro atoms. The Morgan fingerprint density at radius 2 is 1.90 bits per heavy atom. The molecule has 2 amide bonds. The van der Waals surface area contributed by atoms with E-state index in [4.69, 9.17) is 12.2 Å². The Labute approximate surface area is 174 Å². The molecule has 0 aliphatic carbocycles. The molecule has 1 aromatic heterocycles. The van der Waals surface area contributed by atoms with Crippen LogP contribution in [0.3, 0.4) is 0 Å². The topological polar surface area (TPSA) is 91.8 Å². The van der Waals surface area contributed by atoms with Crippen LogP contribution >= 0.6 is 12.2 Å². The zero-order valence-electron chi connectivity index (χ0n) is 16.4. The van der Waals surface area contributed by atoms with Crippen molar-refractivity contribution in [1.82, 2.24) is 25.6 Å². The van der Waals surface area contributed by atoms with E-state index in [0.29, 0.717) is 22.7 Å². The summed E-state index contributed by atoms with van der Waals surface area (Å²) < 4.78 is 2.21. The molecule has 0 bridgehead atoms. The van der Waals surface area contributed by atoms with Crippen molar-refractivity contribution in [3.8, 4) is 11.4 Å². The molecule has 0 atom stereocenters. The lowest BCUT2D eigenvalue weighted by Gasteiger charge is -2.10. The number of aromatic amines is 1. The first-order valence-electron chi connectivity index (χ1n) is 9.38. The van der Waals surface area contributed by atoms with Gasteiger partial charge in [-0.2, -0.15) is 5.10 Å². The fraction of sp³-hybridized carbons (Fsp3) is 0.238. The Bertz CT molecular complexity index is 1070. The monoisotopic (exact) mass is 409 g/mol. The Balaban J connectivity index is 1.58. The lowest BCUT2D eigenvalue weighted by molar-refractivity contribution is -0.122. The zero-order chi connectivity index (χ0) is 20.8. The van der Waals surface area contributed by atoms with E-state index in [1.807, 2.05) is 50.2 Å². The van der Waals surface area contributed by atoms with Crippen molar-refractivity contribution >= 4 is 24.0 Å². The van der Waals surface area contributed by atoms with Crippen LogP contribution in [0.25, 0.3) is 11.4 Å². The van der Waals surface area contributed by atoms with Crippen molar-refractivity contribution in [2.24, 2.45) is 0 Å². The third-order valence-corrected chi connectivity index (χ3v) is 4.85. The summed E-state index contributed by atoms with van der Waals surface area (Å²) in [5.74, 6) is -0.00487. The zero-order valence-corrected chi connectivity index (χ0v) is 17.2. The lowest BCUT2D eigenvalue weighted by atomic mass is 10.1. The number of nitrogens with one attached hydrogen (secondary N) is 3. The number of hydrogen-bond donors (Lipinski definition) is 3. The molecule has 0 unspecified atom stereocenters. The highest BCUT2D eigenvalue weighted by Gasteiger charge is 2.12. The average Bonchev–Trinajstić information content (AvgIpc) is 3.11. The standard InChI is InChI=1S/C21H23N5O2S/c1-3-15-7-9-16(10-8-15)20(28)24-22-18(27)11-12-26-19(23-25-21(26)29)17-6-4-5-14(2)13-17/h4-10,13H,3,11-12H2,1-2H3,(H,22,27)(H,24,28)(H,25,29). The summed E-state index contributed by atoms with van der Waals surface area (Å²) in [6, 6.07) is 15.2. The Morgan fingerprint density at radius 3 is 2.59 bits per heavy atom. The second-order valence-corrected chi connectivity index (χ2v) is 7.06. The van der Waals surface area contributed by atoms with Crippen molar-refractivity contribution < 1.29 is 9.59 Å². The summed E-state index contributed by atoms with van der Waals surface area (Å²) in [6.07, 6.45) is 1.04. The van der Waals surface area contributed by atoms with Gasteiger partial charge in [-0.05, 0) is 49.3 Å². The van der Waals surface area contributed by atoms with Gasteiger partial charge in [0, 0.05) is 24.1 Å². The van der Waals surface area contributed by atoms with Crippen molar-refractivity contribution in [3.05, 3.63) is 70.0 Å². The van der Waals surface area contributed by atoms with Crippen LogP contribution in [-0.2, 0) is 17.8 Å². The molecule has 150 valence electrons. The number of hydrazine groups is 1. The molecule has 3 aromatic rings. The summed E-state index contributed by atoms with van der Waals surface area (Å²) in [7, 11) is 0. The highest BCUT2D eigenvalue weighted by atomic mass is 32.1. The minimum absolute atomic E-state index is 0.141. The number of rotatable bonds is 6. The predicted octanol–water partition coefficient (Wildman–Crippen LogP) is 3.33. The van der Waals surface area contributed by atoms with Crippen LogP contribution in [0.4, 0.5) is 0 Å². The van der Waals surface area contributed by atoms with E-state index < -0.39 is 0 Å². The van der Waals surface area contributed by atoms with E-state index in [1.54, 1.807) is 16.7 Å². The number of aromatic nitrogens is 3. The Kier molecular flexibility index (Phi) is 6.56. The molecule has 0 fully saturated rings. The lowest BCUT2D eigenvalue weighted by Crippen LogP contribution is -2.41. The predicted molar refractivity (Wildman–Crippen MR) is 114 cm³/mol. The van der Waals surface area contributed by atoms with Gasteiger partial charge in [0.05, 0.1) is 0 Å². The van der Waals surface area contributed by atoms with Gasteiger partial charge in [-0.3, -0.25) is 30.1 Å². The Hall–Kier alpha value is -3.26. The van der Waals surface area contributed by atoms with Gasteiger partial charge in [0.2, 0.25) is 5.91 Å². The number of nitrogens with zero attached hydrogens (tertiary/aromatic N) is 2. The highest BCUT2D eigenvalue weighted by Crippen LogP contribution is 2.18. The maximum Gasteiger partial charge on any atom is 0.269 e. The van der Waals surface area contributed by atoms with E-state index in [2.05, 4.69) is 21.0 Å². The number of carbonyl (C=O) groups excluding carboxylic acids is 2. The second-order valence-electron chi connectivity index (χ2n) is 6.68. The molecule has 2 aromatic carbocycles. The van der Waals surface area contributed by atoms with Crippen molar-refractivity contribution in [2.45, 2.75) is 33.2 Å². The number of hydrogen-bond acceptors (Lipinski definition) is 4. The van der Waals surface area contributed by atoms with Crippen LogP contribution in [0.1, 0.15) is 34.8 Å². The van der Waals surface area contributed by atoms with Gasteiger partial charge in [0.15, 0.2) is 10.6 Å². The van der Waals surface area contributed by atoms with E-state index in [0.717, 1.165) is 23.1 Å². The number of H-pyrrole nitrogens is 1. The van der Waals surface area contributed by atoms with Crippen molar-refractivity contribution in [2.75, 3.05) is 0 Å². The molecule has 3 rings (SSSR count). The SMILES string of the molecule is CCc1ccc(C(=O)NNC(=O)CCn2c(-c3cccc(C)c3)n[nH]c2=S)cc1. The average molecular weight is 410 g/mol. The molecular weight excluding hydrogens is 386 g/mol. The van der Waals surface area contributed by atoms with Crippen LogP contribution in [0.2, 0.25) is 0 Å².